The Hall–Kier alpha value is -0.650. The molecule has 2 aliphatic rings. The van der Waals surface area contributed by atoms with Crippen molar-refractivity contribution >= 4 is 5.97 Å². The summed E-state index contributed by atoms with van der Waals surface area (Å²) >= 11 is 0. The Kier molecular flexibility index (Phi) is 2.95. The number of carboxylic acids is 1. The van der Waals surface area contributed by atoms with Crippen LogP contribution in [0.2, 0.25) is 0 Å². The van der Waals surface area contributed by atoms with Gasteiger partial charge in [0.25, 0.3) is 0 Å². The molecule has 15 heavy (non-hydrogen) atoms. The van der Waals surface area contributed by atoms with Crippen LogP contribution in [-0.2, 0) is 9.53 Å². The number of carbonyl (C=O) groups is 1. The zero-order valence-electron chi connectivity index (χ0n) is 9.03. The Balaban J connectivity index is 1.98. The van der Waals surface area contributed by atoms with Gasteiger partial charge in [-0.25, -0.2) is 0 Å². The van der Waals surface area contributed by atoms with Crippen molar-refractivity contribution < 1.29 is 14.6 Å². The molecule has 2 heterocycles. The number of likely N-dealkylation sites (tertiary alicyclic amines) is 1. The van der Waals surface area contributed by atoms with Crippen LogP contribution in [-0.4, -0.2) is 60.9 Å². The van der Waals surface area contributed by atoms with Gasteiger partial charge in [-0.1, -0.05) is 0 Å². The second-order valence-corrected chi connectivity index (χ2v) is 4.49. The first kappa shape index (κ1) is 10.9. The standard InChI is InChI=1S/C10H18N2O3/c1-15-8-2-3-12(5-8)10(4-9(13)14)6-11-7-10/h8,11H,2-7H2,1H3,(H,13,14). The molecule has 0 amide bonds. The first-order valence-corrected chi connectivity index (χ1v) is 5.37. The first-order valence-electron chi connectivity index (χ1n) is 5.37. The van der Waals surface area contributed by atoms with E-state index in [0.29, 0.717) is 0 Å². The number of hydrogen-bond donors (Lipinski definition) is 2. The van der Waals surface area contributed by atoms with Crippen LogP contribution in [0.25, 0.3) is 0 Å². The molecule has 2 aliphatic heterocycles. The fourth-order valence-corrected chi connectivity index (χ4v) is 2.51. The van der Waals surface area contributed by atoms with Crippen molar-refractivity contribution in [2.24, 2.45) is 0 Å². The molecule has 0 radical (unpaired) electrons. The molecule has 2 N–H and O–H groups in total. The molecule has 2 fully saturated rings. The van der Waals surface area contributed by atoms with Crippen LogP contribution < -0.4 is 5.32 Å². The van der Waals surface area contributed by atoms with Gasteiger partial charge in [-0.15, -0.1) is 0 Å². The Morgan fingerprint density at radius 1 is 1.67 bits per heavy atom. The van der Waals surface area contributed by atoms with Gasteiger partial charge in [0, 0.05) is 33.3 Å². The zero-order valence-corrected chi connectivity index (χ0v) is 9.03. The molecule has 0 bridgehead atoms. The summed E-state index contributed by atoms with van der Waals surface area (Å²) in [7, 11) is 1.72. The Labute approximate surface area is 89.4 Å². The third-order valence-corrected chi connectivity index (χ3v) is 3.54. The second kappa shape index (κ2) is 4.08. The van der Waals surface area contributed by atoms with Crippen LogP contribution in [0, 0.1) is 0 Å². The Bertz CT molecular complexity index is 253. The zero-order chi connectivity index (χ0) is 10.9. The topological polar surface area (TPSA) is 61.8 Å². The third-order valence-electron chi connectivity index (χ3n) is 3.54. The number of nitrogens with zero attached hydrogens (tertiary/aromatic N) is 1. The minimum absolute atomic E-state index is 0.154. The lowest BCUT2D eigenvalue weighted by Gasteiger charge is -2.48. The molecule has 2 rings (SSSR count). The molecule has 2 saturated heterocycles. The van der Waals surface area contributed by atoms with E-state index in [0.717, 1.165) is 32.6 Å². The molecule has 1 unspecified atom stereocenters. The van der Waals surface area contributed by atoms with Crippen LogP contribution in [0.4, 0.5) is 0 Å². The van der Waals surface area contributed by atoms with Crippen LogP contribution >= 0.6 is 0 Å². The molecule has 0 aromatic heterocycles. The molecular formula is C10H18N2O3. The average Bonchev–Trinajstić information content (AvgIpc) is 2.59. The Morgan fingerprint density at radius 2 is 2.40 bits per heavy atom. The summed E-state index contributed by atoms with van der Waals surface area (Å²) in [5.41, 5.74) is -0.154. The molecule has 5 nitrogen and oxygen atoms in total. The molecular weight excluding hydrogens is 196 g/mol. The smallest absolute Gasteiger partial charge is 0.305 e. The summed E-state index contributed by atoms with van der Waals surface area (Å²) in [4.78, 5) is 13.1. The van der Waals surface area contributed by atoms with Crippen molar-refractivity contribution in [1.29, 1.82) is 0 Å². The van der Waals surface area contributed by atoms with Gasteiger partial charge in [-0.3, -0.25) is 9.69 Å². The molecule has 5 heteroatoms. The SMILES string of the molecule is COC1CCN(C2(CC(=O)O)CNC2)C1. The fraction of sp³-hybridized carbons (Fsp3) is 0.900. The summed E-state index contributed by atoms with van der Waals surface area (Å²) in [5.74, 6) is -0.711. The molecule has 0 aromatic rings. The number of rotatable bonds is 4. The summed E-state index contributed by atoms with van der Waals surface area (Å²) in [6.07, 6.45) is 1.52. The highest BCUT2D eigenvalue weighted by atomic mass is 16.5. The highest BCUT2D eigenvalue weighted by Crippen LogP contribution is 2.29. The highest BCUT2D eigenvalue weighted by molar-refractivity contribution is 5.68. The number of aliphatic carboxylic acids is 1. The van der Waals surface area contributed by atoms with Crippen LogP contribution in [0.5, 0.6) is 0 Å². The van der Waals surface area contributed by atoms with E-state index in [1.807, 2.05) is 0 Å². The quantitative estimate of drug-likeness (QED) is 0.662. The van der Waals surface area contributed by atoms with E-state index >= 15 is 0 Å². The van der Waals surface area contributed by atoms with Gasteiger partial charge in [0.2, 0.25) is 0 Å². The largest absolute Gasteiger partial charge is 0.481 e. The van der Waals surface area contributed by atoms with Gasteiger partial charge in [-0.2, -0.15) is 0 Å². The van der Waals surface area contributed by atoms with Gasteiger partial charge in [0.15, 0.2) is 0 Å². The molecule has 0 aromatic carbocycles. The lowest BCUT2D eigenvalue weighted by Crippen LogP contribution is -2.69. The van der Waals surface area contributed by atoms with Crippen LogP contribution in [0.1, 0.15) is 12.8 Å². The minimum Gasteiger partial charge on any atom is -0.481 e. The van der Waals surface area contributed by atoms with Crippen molar-refractivity contribution in [3.05, 3.63) is 0 Å². The van der Waals surface area contributed by atoms with Crippen LogP contribution in [0.15, 0.2) is 0 Å². The van der Waals surface area contributed by atoms with E-state index < -0.39 is 5.97 Å². The van der Waals surface area contributed by atoms with Gasteiger partial charge >= 0.3 is 5.97 Å². The van der Waals surface area contributed by atoms with Gasteiger partial charge in [0.1, 0.15) is 0 Å². The maximum atomic E-state index is 10.8. The lowest BCUT2D eigenvalue weighted by atomic mass is 9.87. The van der Waals surface area contributed by atoms with Gasteiger partial charge < -0.3 is 15.2 Å². The minimum atomic E-state index is -0.711. The van der Waals surface area contributed by atoms with Crippen molar-refractivity contribution in [2.45, 2.75) is 24.5 Å². The molecule has 0 spiro atoms. The number of carboxylic acid groups (broad SMARTS) is 1. The van der Waals surface area contributed by atoms with Gasteiger partial charge in [0.05, 0.1) is 18.1 Å². The normalized spacial score (nSPS) is 30.1. The average molecular weight is 214 g/mol. The van der Waals surface area contributed by atoms with E-state index in [9.17, 15) is 4.79 Å². The van der Waals surface area contributed by atoms with Crippen molar-refractivity contribution in [1.82, 2.24) is 10.2 Å². The maximum Gasteiger partial charge on any atom is 0.305 e. The molecule has 0 saturated carbocycles. The monoisotopic (exact) mass is 214 g/mol. The van der Waals surface area contributed by atoms with Gasteiger partial charge in [-0.05, 0) is 6.42 Å². The molecule has 0 aliphatic carbocycles. The summed E-state index contributed by atoms with van der Waals surface area (Å²) in [6, 6.07) is 0. The van der Waals surface area contributed by atoms with E-state index in [-0.39, 0.29) is 18.1 Å². The predicted octanol–water partition coefficient (Wildman–Crippen LogP) is -0.476. The number of hydrogen-bond acceptors (Lipinski definition) is 4. The summed E-state index contributed by atoms with van der Waals surface area (Å²) < 4.78 is 5.30. The maximum absolute atomic E-state index is 10.8. The number of methoxy groups -OCH3 is 1. The van der Waals surface area contributed by atoms with E-state index in [4.69, 9.17) is 9.84 Å². The highest BCUT2D eigenvalue weighted by Gasteiger charge is 2.46. The van der Waals surface area contributed by atoms with Crippen LogP contribution in [0.3, 0.4) is 0 Å². The molecule has 86 valence electrons. The van der Waals surface area contributed by atoms with E-state index in [1.165, 1.54) is 0 Å². The number of nitrogens with one attached hydrogen (secondary N) is 1. The molecule has 1 atom stereocenters. The van der Waals surface area contributed by atoms with E-state index in [2.05, 4.69) is 10.2 Å². The fourth-order valence-electron chi connectivity index (χ4n) is 2.51. The van der Waals surface area contributed by atoms with Crippen molar-refractivity contribution in [2.75, 3.05) is 33.3 Å². The Morgan fingerprint density at radius 3 is 2.80 bits per heavy atom. The van der Waals surface area contributed by atoms with Crippen molar-refractivity contribution in [3.63, 3.8) is 0 Å². The summed E-state index contributed by atoms with van der Waals surface area (Å²) in [6.45, 7) is 3.39. The second-order valence-electron chi connectivity index (χ2n) is 4.49. The number of ether oxygens (including phenoxy) is 1. The third kappa shape index (κ3) is 2.00. The first-order chi connectivity index (χ1) is 7.16. The summed E-state index contributed by atoms with van der Waals surface area (Å²) in [5, 5.41) is 12.1. The lowest BCUT2D eigenvalue weighted by molar-refractivity contribution is -0.141. The van der Waals surface area contributed by atoms with Crippen molar-refractivity contribution in [3.8, 4) is 0 Å². The predicted molar refractivity (Wildman–Crippen MR) is 54.8 cm³/mol. The van der Waals surface area contributed by atoms with E-state index in [1.54, 1.807) is 7.11 Å².